The number of benzene rings is 1. The highest BCUT2D eigenvalue weighted by Crippen LogP contribution is 2.30. The summed E-state index contributed by atoms with van der Waals surface area (Å²) < 4.78 is 0. The predicted octanol–water partition coefficient (Wildman–Crippen LogP) is 0.893. The molecule has 0 amide bonds. The van der Waals surface area contributed by atoms with Crippen LogP contribution < -0.4 is 0 Å². The van der Waals surface area contributed by atoms with Gasteiger partial charge in [-0.3, -0.25) is 10.1 Å². The van der Waals surface area contributed by atoms with E-state index in [1.165, 1.54) is 13.0 Å². The van der Waals surface area contributed by atoms with Crippen LogP contribution in [0.4, 0.5) is 5.69 Å². The summed E-state index contributed by atoms with van der Waals surface area (Å²) in [7, 11) is 0. The van der Waals surface area contributed by atoms with Crippen molar-refractivity contribution in [3.8, 4) is 6.07 Å². The molecular formula is C10H8N2O5. The van der Waals surface area contributed by atoms with Gasteiger partial charge in [0.2, 0.25) is 0 Å². The number of aliphatic hydroxyl groups is 1. The Morgan fingerprint density at radius 3 is 2.59 bits per heavy atom. The van der Waals surface area contributed by atoms with Crippen molar-refractivity contribution < 1.29 is 19.9 Å². The molecule has 1 unspecified atom stereocenters. The molecule has 2 N–H and O–H groups in total. The zero-order valence-electron chi connectivity index (χ0n) is 8.75. The highest BCUT2D eigenvalue weighted by atomic mass is 16.6. The molecule has 0 saturated carbocycles. The van der Waals surface area contributed by atoms with Gasteiger partial charge in [0.1, 0.15) is 0 Å². The Morgan fingerprint density at radius 2 is 2.18 bits per heavy atom. The number of nitro groups is 1. The Bertz CT molecular complexity index is 532. The number of nitriles is 1. The number of nitrogens with zero attached hydrogens (tertiary/aromatic N) is 2. The Labute approximate surface area is 95.7 Å². The van der Waals surface area contributed by atoms with Crippen molar-refractivity contribution in [2.75, 3.05) is 0 Å². The van der Waals surface area contributed by atoms with E-state index in [9.17, 15) is 20.0 Å². The minimum atomic E-state index is -2.03. The van der Waals surface area contributed by atoms with E-state index >= 15 is 0 Å². The quantitative estimate of drug-likeness (QED) is 0.593. The number of nitro benzene ring substituents is 1. The average molecular weight is 236 g/mol. The van der Waals surface area contributed by atoms with E-state index in [2.05, 4.69) is 0 Å². The van der Waals surface area contributed by atoms with Gasteiger partial charge in [0.25, 0.3) is 5.69 Å². The maximum absolute atomic E-state index is 10.8. The van der Waals surface area contributed by atoms with Crippen molar-refractivity contribution in [2.24, 2.45) is 0 Å². The van der Waals surface area contributed by atoms with E-state index in [4.69, 9.17) is 10.4 Å². The normalized spacial score (nSPS) is 11.6. The number of rotatable bonds is 3. The van der Waals surface area contributed by atoms with Crippen LogP contribution >= 0.6 is 0 Å². The number of aliphatic hydroxyl groups excluding tert-OH is 1. The predicted molar refractivity (Wildman–Crippen MR) is 55.1 cm³/mol. The molecule has 88 valence electrons. The number of carbonyl (C=O) groups is 1. The smallest absolute Gasteiger partial charge is 0.337 e. The lowest BCUT2D eigenvalue weighted by atomic mass is 10.00. The minimum Gasteiger partial charge on any atom is -0.479 e. The monoisotopic (exact) mass is 236 g/mol. The number of carboxylic acids is 1. The molecule has 1 rings (SSSR count). The largest absolute Gasteiger partial charge is 0.479 e. The molecular weight excluding hydrogens is 228 g/mol. The van der Waals surface area contributed by atoms with Crippen molar-refractivity contribution in [3.63, 3.8) is 0 Å². The Balaban J connectivity index is 3.54. The average Bonchev–Trinajstić information content (AvgIpc) is 2.25. The zero-order valence-corrected chi connectivity index (χ0v) is 8.75. The first-order valence-corrected chi connectivity index (χ1v) is 4.48. The van der Waals surface area contributed by atoms with Crippen LogP contribution in [0.2, 0.25) is 0 Å². The lowest BCUT2D eigenvalue weighted by Gasteiger charge is -2.09. The first-order valence-electron chi connectivity index (χ1n) is 4.48. The fourth-order valence-electron chi connectivity index (χ4n) is 1.46. The van der Waals surface area contributed by atoms with E-state index in [-0.39, 0.29) is 16.7 Å². The van der Waals surface area contributed by atoms with Gasteiger partial charge in [-0.2, -0.15) is 5.26 Å². The van der Waals surface area contributed by atoms with E-state index < -0.39 is 22.7 Å². The van der Waals surface area contributed by atoms with Crippen LogP contribution in [0, 0.1) is 28.4 Å². The minimum absolute atomic E-state index is 0.0587. The maximum Gasteiger partial charge on any atom is 0.337 e. The van der Waals surface area contributed by atoms with Crippen molar-refractivity contribution in [3.05, 3.63) is 38.9 Å². The van der Waals surface area contributed by atoms with Gasteiger partial charge < -0.3 is 10.2 Å². The highest BCUT2D eigenvalue weighted by Gasteiger charge is 2.28. The number of carboxylic acid groups (broad SMARTS) is 1. The van der Waals surface area contributed by atoms with Gasteiger partial charge in [-0.05, 0) is 19.1 Å². The molecule has 1 aromatic rings. The zero-order chi connectivity index (χ0) is 13.2. The summed E-state index contributed by atoms with van der Waals surface area (Å²) in [5, 5.41) is 37.5. The standard InChI is InChI=1S/C10H8N2O5/c1-5-2-6(4-11)3-7(8(5)12(16)17)9(13)10(14)15/h2-3,9,13H,1H3,(H,14,15). The Morgan fingerprint density at radius 1 is 1.59 bits per heavy atom. The molecule has 0 aromatic heterocycles. The lowest BCUT2D eigenvalue weighted by molar-refractivity contribution is -0.386. The van der Waals surface area contributed by atoms with E-state index in [1.54, 1.807) is 6.07 Å². The summed E-state index contributed by atoms with van der Waals surface area (Å²) in [6.45, 7) is 1.37. The topological polar surface area (TPSA) is 124 Å². The summed E-state index contributed by atoms with van der Waals surface area (Å²) in [5.41, 5.74) is -0.689. The van der Waals surface area contributed by atoms with Crippen molar-refractivity contribution in [1.82, 2.24) is 0 Å². The number of aryl methyl sites for hydroxylation is 1. The van der Waals surface area contributed by atoms with Gasteiger partial charge in [0.15, 0.2) is 6.10 Å². The van der Waals surface area contributed by atoms with Crippen LogP contribution in [0.5, 0.6) is 0 Å². The van der Waals surface area contributed by atoms with Crippen molar-refractivity contribution in [2.45, 2.75) is 13.0 Å². The molecule has 0 fully saturated rings. The summed E-state index contributed by atoms with van der Waals surface area (Å²) in [6.07, 6.45) is -2.03. The van der Waals surface area contributed by atoms with Crippen LogP contribution in [0.3, 0.4) is 0 Å². The van der Waals surface area contributed by atoms with Crippen LogP contribution in [-0.4, -0.2) is 21.1 Å². The van der Waals surface area contributed by atoms with E-state index in [0.29, 0.717) is 0 Å². The fraction of sp³-hybridized carbons (Fsp3) is 0.200. The lowest BCUT2D eigenvalue weighted by Crippen LogP contribution is -2.13. The molecule has 0 bridgehead atoms. The Hall–Kier alpha value is -2.46. The van der Waals surface area contributed by atoms with Crippen LogP contribution in [0.25, 0.3) is 0 Å². The third-order valence-electron chi connectivity index (χ3n) is 2.17. The first-order chi connectivity index (χ1) is 7.88. The molecule has 0 heterocycles. The molecule has 0 aliphatic carbocycles. The van der Waals surface area contributed by atoms with E-state index in [0.717, 1.165) is 6.07 Å². The van der Waals surface area contributed by atoms with Gasteiger partial charge in [-0.15, -0.1) is 0 Å². The summed E-state index contributed by atoms with van der Waals surface area (Å²) in [6, 6.07) is 4.01. The molecule has 1 aromatic carbocycles. The van der Waals surface area contributed by atoms with Crippen LogP contribution in [0.15, 0.2) is 12.1 Å². The highest BCUT2D eigenvalue weighted by molar-refractivity contribution is 5.76. The Kier molecular flexibility index (Phi) is 3.40. The molecule has 0 saturated heterocycles. The molecule has 0 aliphatic heterocycles. The molecule has 0 aliphatic rings. The van der Waals surface area contributed by atoms with Gasteiger partial charge in [0.05, 0.1) is 22.1 Å². The molecule has 1 atom stereocenters. The van der Waals surface area contributed by atoms with Crippen molar-refractivity contribution in [1.29, 1.82) is 5.26 Å². The number of hydrogen-bond donors (Lipinski definition) is 2. The summed E-state index contributed by atoms with van der Waals surface area (Å²) in [5.74, 6) is -1.61. The van der Waals surface area contributed by atoms with Crippen LogP contribution in [0.1, 0.15) is 22.8 Å². The van der Waals surface area contributed by atoms with Gasteiger partial charge in [-0.25, -0.2) is 4.79 Å². The van der Waals surface area contributed by atoms with E-state index in [1.807, 2.05) is 0 Å². The second kappa shape index (κ2) is 4.59. The molecule has 0 radical (unpaired) electrons. The van der Waals surface area contributed by atoms with Crippen LogP contribution in [-0.2, 0) is 4.79 Å². The number of hydrogen-bond acceptors (Lipinski definition) is 5. The maximum atomic E-state index is 10.8. The second-order valence-electron chi connectivity index (χ2n) is 3.34. The SMILES string of the molecule is Cc1cc(C#N)cc(C(O)C(=O)O)c1[N+](=O)[O-]. The van der Waals surface area contributed by atoms with Gasteiger partial charge >= 0.3 is 5.97 Å². The summed E-state index contributed by atoms with van der Waals surface area (Å²) in [4.78, 5) is 20.6. The van der Waals surface area contributed by atoms with Gasteiger partial charge in [-0.1, -0.05) is 0 Å². The molecule has 7 nitrogen and oxygen atoms in total. The molecule has 17 heavy (non-hydrogen) atoms. The van der Waals surface area contributed by atoms with Gasteiger partial charge in [0, 0.05) is 5.56 Å². The number of aliphatic carboxylic acids is 1. The molecule has 0 spiro atoms. The fourth-order valence-corrected chi connectivity index (χ4v) is 1.46. The molecule has 7 heteroatoms. The third-order valence-corrected chi connectivity index (χ3v) is 2.17. The first kappa shape index (κ1) is 12.6. The summed E-state index contributed by atoms with van der Waals surface area (Å²) >= 11 is 0. The van der Waals surface area contributed by atoms with Crippen molar-refractivity contribution >= 4 is 11.7 Å². The second-order valence-corrected chi connectivity index (χ2v) is 3.34. The third kappa shape index (κ3) is 2.38.